The van der Waals surface area contributed by atoms with Gasteiger partial charge in [-0.2, -0.15) is 0 Å². The third-order valence-electron chi connectivity index (χ3n) is 6.35. The Balaban J connectivity index is 1.64. The Kier molecular flexibility index (Phi) is 3.11. The predicted molar refractivity (Wildman–Crippen MR) is 120 cm³/mol. The van der Waals surface area contributed by atoms with Crippen LogP contribution in [0.2, 0.25) is 0 Å². The van der Waals surface area contributed by atoms with Gasteiger partial charge in [0, 0.05) is 0 Å². The molecule has 0 radical (unpaired) electrons. The smallest absolute Gasteiger partial charge is 0.00130 e. The summed E-state index contributed by atoms with van der Waals surface area (Å²) in [6.07, 6.45) is 5.99. The van der Waals surface area contributed by atoms with Crippen molar-refractivity contribution >= 4 is 23.4 Å². The van der Waals surface area contributed by atoms with Crippen LogP contribution in [0.15, 0.2) is 73.3 Å². The van der Waals surface area contributed by atoms with Crippen LogP contribution in [-0.4, -0.2) is 0 Å². The average Bonchev–Trinajstić information content (AvgIpc) is 3.26. The molecule has 4 aromatic carbocycles. The first-order valence-electron chi connectivity index (χ1n) is 9.85. The summed E-state index contributed by atoms with van der Waals surface area (Å²) in [6, 6.07) is 22.6. The molecule has 0 aromatic heterocycles. The van der Waals surface area contributed by atoms with Crippen LogP contribution in [0, 0.1) is 0 Å². The van der Waals surface area contributed by atoms with E-state index in [-0.39, 0.29) is 0 Å². The molecule has 0 amide bonds. The van der Waals surface area contributed by atoms with Gasteiger partial charge in [-0.1, -0.05) is 73.8 Å². The fraction of sp³-hybridized carbons (Fsp3) is 0.0714. The van der Waals surface area contributed by atoms with Crippen molar-refractivity contribution < 1.29 is 0 Å². The number of rotatable bonds is 1. The standard InChI is InChI=1S/C28H20/c1-3-6-23-17(2)9-10-19-13-21-16-26-22(15-25(21)27(19)23)14-20-12-11-18-7-4-5-8-24(18)28(20)26/h3-12,15-16H,1-2,13-14H2/b23-6+. The predicted octanol–water partition coefficient (Wildman–Crippen LogP) is 5.36. The summed E-state index contributed by atoms with van der Waals surface area (Å²) in [7, 11) is 0. The Bertz CT molecular complexity index is 1430. The first kappa shape index (κ1) is 15.7. The normalized spacial score (nSPS) is 13.9. The lowest BCUT2D eigenvalue weighted by Crippen LogP contribution is -2.25. The lowest BCUT2D eigenvalue weighted by Gasteiger charge is -2.09. The number of fused-ring (bicyclic) bond motifs is 8. The largest absolute Gasteiger partial charge is 0.0990 e. The molecule has 0 heteroatoms. The molecule has 0 saturated carbocycles. The minimum atomic E-state index is 0.996. The molecule has 0 fully saturated rings. The van der Waals surface area contributed by atoms with E-state index < -0.39 is 0 Å². The molecule has 2 aliphatic rings. The Hall–Kier alpha value is -3.38. The zero-order valence-electron chi connectivity index (χ0n) is 15.8. The van der Waals surface area contributed by atoms with Crippen LogP contribution < -0.4 is 10.4 Å². The number of benzene rings is 4. The molecule has 0 saturated heterocycles. The molecule has 0 heterocycles. The number of hydrogen-bond donors (Lipinski definition) is 0. The van der Waals surface area contributed by atoms with Crippen molar-refractivity contribution in [2.45, 2.75) is 12.8 Å². The third-order valence-corrected chi connectivity index (χ3v) is 6.35. The maximum Gasteiger partial charge on any atom is -0.00130 e. The van der Waals surface area contributed by atoms with Crippen LogP contribution in [-0.2, 0) is 12.8 Å². The lowest BCUT2D eigenvalue weighted by atomic mass is 9.94. The molecule has 132 valence electrons. The van der Waals surface area contributed by atoms with E-state index in [1.807, 2.05) is 6.08 Å². The van der Waals surface area contributed by atoms with Crippen LogP contribution in [0.3, 0.4) is 0 Å². The van der Waals surface area contributed by atoms with Gasteiger partial charge >= 0.3 is 0 Å². The highest BCUT2D eigenvalue weighted by molar-refractivity contribution is 6.02. The van der Waals surface area contributed by atoms with E-state index in [9.17, 15) is 0 Å². The molecule has 0 unspecified atom stereocenters. The lowest BCUT2D eigenvalue weighted by molar-refractivity contribution is 1.24. The van der Waals surface area contributed by atoms with Crippen molar-refractivity contribution in [3.8, 4) is 22.3 Å². The summed E-state index contributed by atoms with van der Waals surface area (Å²) in [5.74, 6) is 0. The second-order valence-corrected chi connectivity index (χ2v) is 7.92. The zero-order valence-corrected chi connectivity index (χ0v) is 15.8. The molecule has 28 heavy (non-hydrogen) atoms. The van der Waals surface area contributed by atoms with Gasteiger partial charge in [-0.25, -0.2) is 0 Å². The van der Waals surface area contributed by atoms with E-state index in [1.165, 1.54) is 60.5 Å². The Morgan fingerprint density at radius 2 is 1.39 bits per heavy atom. The first-order chi connectivity index (χ1) is 13.7. The van der Waals surface area contributed by atoms with Gasteiger partial charge in [0.2, 0.25) is 0 Å². The van der Waals surface area contributed by atoms with Crippen LogP contribution in [0.1, 0.15) is 22.3 Å². The van der Waals surface area contributed by atoms with E-state index in [0.29, 0.717) is 0 Å². The van der Waals surface area contributed by atoms with E-state index in [0.717, 1.165) is 18.1 Å². The monoisotopic (exact) mass is 356 g/mol. The summed E-state index contributed by atoms with van der Waals surface area (Å²) >= 11 is 0. The number of allylic oxidation sites excluding steroid dienone is 1. The summed E-state index contributed by atoms with van der Waals surface area (Å²) < 4.78 is 0. The van der Waals surface area contributed by atoms with E-state index in [2.05, 4.69) is 79.9 Å². The van der Waals surface area contributed by atoms with E-state index >= 15 is 0 Å². The van der Waals surface area contributed by atoms with Gasteiger partial charge in [-0.3, -0.25) is 0 Å². The van der Waals surface area contributed by atoms with E-state index in [4.69, 9.17) is 0 Å². The molecule has 0 N–H and O–H groups in total. The van der Waals surface area contributed by atoms with Gasteiger partial charge in [-0.05, 0) is 90.7 Å². The van der Waals surface area contributed by atoms with Gasteiger partial charge in [0.15, 0.2) is 0 Å². The number of hydrogen-bond acceptors (Lipinski definition) is 0. The molecule has 0 nitrogen and oxygen atoms in total. The summed E-state index contributed by atoms with van der Waals surface area (Å²) in [6.45, 7) is 8.16. The zero-order chi connectivity index (χ0) is 18.8. The second-order valence-electron chi connectivity index (χ2n) is 7.92. The molecular weight excluding hydrogens is 336 g/mol. The van der Waals surface area contributed by atoms with Crippen molar-refractivity contribution in [1.82, 2.24) is 0 Å². The fourth-order valence-corrected chi connectivity index (χ4v) is 5.12. The highest BCUT2D eigenvalue weighted by Crippen LogP contribution is 2.46. The maximum atomic E-state index is 4.25. The third kappa shape index (κ3) is 2.00. The van der Waals surface area contributed by atoms with Crippen molar-refractivity contribution in [3.05, 3.63) is 106 Å². The van der Waals surface area contributed by atoms with Gasteiger partial charge in [-0.15, -0.1) is 0 Å². The molecule has 4 aromatic rings. The molecule has 0 spiro atoms. The Labute approximate surface area is 164 Å². The van der Waals surface area contributed by atoms with Crippen molar-refractivity contribution in [2.24, 2.45) is 0 Å². The molecule has 6 rings (SSSR count). The van der Waals surface area contributed by atoms with Gasteiger partial charge in [0.1, 0.15) is 0 Å². The summed E-state index contributed by atoms with van der Waals surface area (Å²) in [4.78, 5) is 0. The van der Waals surface area contributed by atoms with Gasteiger partial charge in [0.25, 0.3) is 0 Å². The Morgan fingerprint density at radius 1 is 0.714 bits per heavy atom. The van der Waals surface area contributed by atoms with Crippen molar-refractivity contribution in [1.29, 1.82) is 0 Å². The minimum absolute atomic E-state index is 0.996. The molecular formula is C28H20. The first-order valence-corrected chi connectivity index (χ1v) is 9.85. The highest BCUT2D eigenvalue weighted by Gasteiger charge is 2.26. The van der Waals surface area contributed by atoms with E-state index in [1.54, 1.807) is 0 Å². The summed E-state index contributed by atoms with van der Waals surface area (Å²) in [5, 5.41) is 4.98. The van der Waals surface area contributed by atoms with Crippen LogP contribution in [0.25, 0.3) is 45.7 Å². The molecule has 0 aliphatic heterocycles. The quantitative estimate of drug-likeness (QED) is 0.372. The topological polar surface area (TPSA) is 0 Å². The van der Waals surface area contributed by atoms with Crippen LogP contribution in [0.4, 0.5) is 0 Å². The van der Waals surface area contributed by atoms with Crippen LogP contribution >= 0.6 is 0 Å². The molecule has 0 bridgehead atoms. The Morgan fingerprint density at radius 3 is 2.18 bits per heavy atom. The van der Waals surface area contributed by atoms with Crippen LogP contribution in [0.5, 0.6) is 0 Å². The molecule has 0 atom stereocenters. The SMILES string of the molecule is C=C/C=c1/c2c(ccc1=C)Cc1cc3c(cc1-2)Cc1ccc2ccccc2c1-3. The maximum absolute atomic E-state index is 4.25. The van der Waals surface area contributed by atoms with Gasteiger partial charge < -0.3 is 0 Å². The summed E-state index contributed by atoms with van der Waals surface area (Å²) in [5.41, 5.74) is 11.3. The highest BCUT2D eigenvalue weighted by atomic mass is 14.3. The van der Waals surface area contributed by atoms with Crippen molar-refractivity contribution in [3.63, 3.8) is 0 Å². The molecule has 2 aliphatic carbocycles. The van der Waals surface area contributed by atoms with Crippen molar-refractivity contribution in [2.75, 3.05) is 0 Å². The average molecular weight is 356 g/mol. The van der Waals surface area contributed by atoms with Gasteiger partial charge in [0.05, 0.1) is 0 Å². The fourth-order valence-electron chi connectivity index (χ4n) is 5.12. The second kappa shape index (κ2) is 5.56. The minimum Gasteiger partial charge on any atom is -0.0990 e.